The van der Waals surface area contributed by atoms with Crippen LogP contribution >= 0.6 is 0 Å². The number of carbonyl (C=O) groups excluding carboxylic acids is 3. The highest BCUT2D eigenvalue weighted by atomic mass is 16.5. The molecule has 1 aliphatic rings. The fourth-order valence-electron chi connectivity index (χ4n) is 2.16. The molecular formula is C16H20N2O4. The summed E-state index contributed by atoms with van der Waals surface area (Å²) in [7, 11) is 0. The Labute approximate surface area is 129 Å². The van der Waals surface area contributed by atoms with E-state index in [1.165, 1.54) is 11.8 Å². The normalized spacial score (nSPS) is 14.9. The first-order valence-corrected chi connectivity index (χ1v) is 7.30. The van der Waals surface area contributed by atoms with Gasteiger partial charge in [0, 0.05) is 11.6 Å². The van der Waals surface area contributed by atoms with Crippen LogP contribution < -0.4 is 15.0 Å². The van der Waals surface area contributed by atoms with Gasteiger partial charge in [0.15, 0.2) is 12.4 Å². The molecule has 0 saturated heterocycles. The van der Waals surface area contributed by atoms with Crippen LogP contribution in [0, 0.1) is 0 Å². The zero-order valence-corrected chi connectivity index (χ0v) is 13.0. The summed E-state index contributed by atoms with van der Waals surface area (Å²) in [6, 6.07) is 4.93. The molecule has 6 heteroatoms. The minimum atomic E-state index is -0.299. The van der Waals surface area contributed by atoms with Crippen molar-refractivity contribution in [1.82, 2.24) is 5.32 Å². The maximum absolute atomic E-state index is 12.1. The van der Waals surface area contributed by atoms with Gasteiger partial charge in [0.1, 0.15) is 12.3 Å². The second-order valence-corrected chi connectivity index (χ2v) is 5.38. The van der Waals surface area contributed by atoms with Gasteiger partial charge in [-0.2, -0.15) is 0 Å². The molecule has 1 aromatic carbocycles. The molecule has 0 saturated carbocycles. The third-order valence-corrected chi connectivity index (χ3v) is 3.63. The highest BCUT2D eigenvalue weighted by molar-refractivity contribution is 6.04. The molecule has 2 rings (SSSR count). The second kappa shape index (κ2) is 6.60. The third-order valence-electron chi connectivity index (χ3n) is 3.63. The van der Waals surface area contributed by atoms with Gasteiger partial charge in [0.05, 0.1) is 5.69 Å². The van der Waals surface area contributed by atoms with E-state index in [0.717, 1.165) is 6.42 Å². The van der Waals surface area contributed by atoms with E-state index in [1.807, 2.05) is 13.8 Å². The smallest absolute Gasteiger partial charge is 0.265 e. The predicted molar refractivity (Wildman–Crippen MR) is 82.2 cm³/mol. The van der Waals surface area contributed by atoms with Crippen molar-refractivity contribution in [2.75, 3.05) is 18.1 Å². The Hall–Kier alpha value is -2.37. The largest absolute Gasteiger partial charge is 0.482 e. The van der Waals surface area contributed by atoms with Crippen LogP contribution in [0.25, 0.3) is 0 Å². The summed E-state index contributed by atoms with van der Waals surface area (Å²) in [6.07, 6.45) is 0.813. The molecule has 0 fully saturated rings. The molecule has 0 aliphatic carbocycles. The lowest BCUT2D eigenvalue weighted by Crippen LogP contribution is -2.46. The minimum Gasteiger partial charge on any atom is -0.482 e. The topological polar surface area (TPSA) is 75.7 Å². The fourth-order valence-corrected chi connectivity index (χ4v) is 2.16. The summed E-state index contributed by atoms with van der Waals surface area (Å²) >= 11 is 0. The number of Topliss-reactive ketones (excluding diaryl/α,β-unsaturated/α-hetero) is 1. The van der Waals surface area contributed by atoms with Crippen molar-refractivity contribution in [3.63, 3.8) is 0 Å². The van der Waals surface area contributed by atoms with Gasteiger partial charge in [-0.3, -0.25) is 19.3 Å². The quantitative estimate of drug-likeness (QED) is 0.837. The van der Waals surface area contributed by atoms with Gasteiger partial charge in [-0.25, -0.2) is 0 Å². The molecule has 118 valence electrons. The standard InChI is InChI=1S/C16H20N2O4/c1-4-10(2)17-15(20)8-18-13-7-12(11(3)19)5-6-14(13)22-9-16(18)21/h5-7,10H,4,8-9H2,1-3H3,(H,17,20). The number of fused-ring (bicyclic) bond motifs is 1. The Morgan fingerprint density at radius 3 is 2.77 bits per heavy atom. The maximum Gasteiger partial charge on any atom is 0.265 e. The molecule has 0 aromatic heterocycles. The van der Waals surface area contributed by atoms with E-state index < -0.39 is 0 Å². The molecule has 0 spiro atoms. The van der Waals surface area contributed by atoms with Gasteiger partial charge in [0.2, 0.25) is 5.91 Å². The summed E-state index contributed by atoms with van der Waals surface area (Å²) in [6.45, 7) is 5.14. The van der Waals surface area contributed by atoms with Crippen molar-refractivity contribution < 1.29 is 19.1 Å². The number of hydrogen-bond donors (Lipinski definition) is 1. The zero-order chi connectivity index (χ0) is 16.3. The van der Waals surface area contributed by atoms with Gasteiger partial charge in [-0.05, 0) is 38.5 Å². The minimum absolute atomic E-state index is 0.0478. The molecule has 1 heterocycles. The van der Waals surface area contributed by atoms with E-state index in [4.69, 9.17) is 4.74 Å². The van der Waals surface area contributed by atoms with Gasteiger partial charge in [0.25, 0.3) is 5.91 Å². The number of carbonyl (C=O) groups is 3. The van der Waals surface area contributed by atoms with E-state index >= 15 is 0 Å². The van der Waals surface area contributed by atoms with E-state index in [2.05, 4.69) is 5.32 Å². The van der Waals surface area contributed by atoms with Crippen LogP contribution in [-0.2, 0) is 9.59 Å². The molecule has 0 radical (unpaired) electrons. The number of ether oxygens (including phenoxy) is 1. The van der Waals surface area contributed by atoms with Gasteiger partial charge < -0.3 is 10.1 Å². The maximum atomic E-state index is 12.1. The Morgan fingerprint density at radius 1 is 1.41 bits per heavy atom. The van der Waals surface area contributed by atoms with Crippen molar-refractivity contribution in [3.05, 3.63) is 23.8 Å². The van der Waals surface area contributed by atoms with Crippen LogP contribution in [0.4, 0.5) is 5.69 Å². The lowest BCUT2D eigenvalue weighted by molar-refractivity contribution is -0.125. The Kier molecular flexibility index (Phi) is 4.80. The average Bonchev–Trinajstić information content (AvgIpc) is 2.49. The Morgan fingerprint density at radius 2 is 2.14 bits per heavy atom. The predicted octanol–water partition coefficient (Wildman–Crippen LogP) is 1.53. The molecule has 6 nitrogen and oxygen atoms in total. The van der Waals surface area contributed by atoms with Crippen LogP contribution in [0.1, 0.15) is 37.6 Å². The number of benzene rings is 1. The van der Waals surface area contributed by atoms with E-state index in [-0.39, 0.29) is 36.8 Å². The first-order chi connectivity index (χ1) is 10.4. The molecule has 0 bridgehead atoms. The molecule has 1 N–H and O–H groups in total. The average molecular weight is 304 g/mol. The number of anilines is 1. The number of rotatable bonds is 5. The summed E-state index contributed by atoms with van der Waals surface area (Å²) < 4.78 is 5.35. The van der Waals surface area contributed by atoms with Crippen LogP contribution in [0.5, 0.6) is 5.75 Å². The van der Waals surface area contributed by atoms with Crippen molar-refractivity contribution >= 4 is 23.3 Å². The van der Waals surface area contributed by atoms with E-state index in [0.29, 0.717) is 17.0 Å². The molecule has 22 heavy (non-hydrogen) atoms. The number of nitrogens with zero attached hydrogens (tertiary/aromatic N) is 1. The third kappa shape index (κ3) is 3.44. The summed E-state index contributed by atoms with van der Waals surface area (Å²) in [5, 5.41) is 2.83. The highest BCUT2D eigenvalue weighted by Crippen LogP contribution is 2.32. The molecule has 1 aliphatic heterocycles. The zero-order valence-electron chi connectivity index (χ0n) is 13.0. The summed E-state index contributed by atoms with van der Waals surface area (Å²) in [5.41, 5.74) is 0.938. The number of ketones is 1. The summed E-state index contributed by atoms with van der Waals surface area (Å²) in [5.74, 6) is -0.137. The second-order valence-electron chi connectivity index (χ2n) is 5.38. The van der Waals surface area contributed by atoms with Crippen molar-refractivity contribution in [2.24, 2.45) is 0 Å². The molecule has 1 atom stereocenters. The van der Waals surface area contributed by atoms with Gasteiger partial charge in [-0.15, -0.1) is 0 Å². The highest BCUT2D eigenvalue weighted by Gasteiger charge is 2.28. The number of nitrogens with one attached hydrogen (secondary N) is 1. The van der Waals surface area contributed by atoms with Crippen molar-refractivity contribution in [3.8, 4) is 5.75 Å². The number of amides is 2. The molecular weight excluding hydrogens is 284 g/mol. The van der Waals surface area contributed by atoms with Crippen molar-refractivity contribution in [2.45, 2.75) is 33.2 Å². The van der Waals surface area contributed by atoms with Crippen LogP contribution in [0.3, 0.4) is 0 Å². The van der Waals surface area contributed by atoms with E-state index in [1.54, 1.807) is 18.2 Å². The number of hydrogen-bond acceptors (Lipinski definition) is 4. The van der Waals surface area contributed by atoms with Crippen LogP contribution in [-0.4, -0.2) is 36.8 Å². The SMILES string of the molecule is CCC(C)NC(=O)CN1C(=O)COc2ccc(C(C)=O)cc21. The van der Waals surface area contributed by atoms with Gasteiger partial charge >= 0.3 is 0 Å². The Bertz CT molecular complexity index is 612. The van der Waals surface area contributed by atoms with Crippen LogP contribution in [0.15, 0.2) is 18.2 Å². The molecule has 1 unspecified atom stereocenters. The lowest BCUT2D eigenvalue weighted by Gasteiger charge is -2.29. The monoisotopic (exact) mass is 304 g/mol. The van der Waals surface area contributed by atoms with E-state index in [9.17, 15) is 14.4 Å². The van der Waals surface area contributed by atoms with Crippen LogP contribution in [0.2, 0.25) is 0 Å². The molecule has 1 aromatic rings. The Balaban J connectivity index is 2.25. The van der Waals surface area contributed by atoms with Crippen molar-refractivity contribution in [1.29, 1.82) is 0 Å². The first-order valence-electron chi connectivity index (χ1n) is 7.30. The first kappa shape index (κ1) is 16.0. The molecule has 2 amide bonds. The summed E-state index contributed by atoms with van der Waals surface area (Å²) in [4.78, 5) is 37.0. The van der Waals surface area contributed by atoms with Gasteiger partial charge in [-0.1, -0.05) is 6.92 Å². The fraction of sp³-hybridized carbons (Fsp3) is 0.438. The lowest BCUT2D eigenvalue weighted by atomic mass is 10.1.